The number of carbonyl (C=O) groups excluding carboxylic acids is 1. The third-order valence-corrected chi connectivity index (χ3v) is 8.77. The molecule has 1 unspecified atom stereocenters. The van der Waals surface area contributed by atoms with Gasteiger partial charge in [-0.05, 0) is 68.1 Å². The van der Waals surface area contributed by atoms with Crippen LogP contribution >= 0.6 is 11.8 Å². The summed E-state index contributed by atoms with van der Waals surface area (Å²) in [5.41, 5.74) is 2.02. The summed E-state index contributed by atoms with van der Waals surface area (Å²) >= 11 is 0.904. The van der Waals surface area contributed by atoms with Crippen LogP contribution in [0.5, 0.6) is 0 Å². The molecule has 4 rings (SSSR count). The van der Waals surface area contributed by atoms with Crippen LogP contribution in [-0.4, -0.2) is 11.1 Å². The van der Waals surface area contributed by atoms with Gasteiger partial charge < -0.3 is 0 Å². The molecule has 0 amide bonds. The van der Waals surface area contributed by atoms with Crippen molar-refractivity contribution in [3.8, 4) is 0 Å². The molecule has 0 aromatic carbocycles. The van der Waals surface area contributed by atoms with Gasteiger partial charge in [0.1, 0.15) is 6.01 Å². The maximum Gasteiger partial charge on any atom is 0.195 e. The summed E-state index contributed by atoms with van der Waals surface area (Å²) in [6.45, 7) is 4.79. The van der Waals surface area contributed by atoms with E-state index in [1.807, 2.05) is 0 Å². The van der Waals surface area contributed by atoms with Gasteiger partial charge in [0, 0.05) is 11.3 Å². The van der Waals surface area contributed by atoms with Gasteiger partial charge in [0.15, 0.2) is 5.12 Å². The van der Waals surface area contributed by atoms with Gasteiger partial charge in [0.25, 0.3) is 0 Å². The number of fused-ring (bicyclic) bond motifs is 5. The highest BCUT2D eigenvalue weighted by Gasteiger charge is 2.59. The third kappa shape index (κ3) is 2.29. The van der Waals surface area contributed by atoms with Crippen LogP contribution in [0.4, 0.5) is 4.39 Å². The highest BCUT2D eigenvalue weighted by molar-refractivity contribution is 8.13. The molecular formula is C21H29FOS. The van der Waals surface area contributed by atoms with Gasteiger partial charge in [-0.1, -0.05) is 49.4 Å². The SMILES string of the molecule is C[C@]12C=CCC=C1CC[C@@H]1[C@@H]2CC[C@]2(C)C(C(=O)SCF)CC[C@@H]12. The van der Waals surface area contributed by atoms with Crippen molar-refractivity contribution in [1.82, 2.24) is 0 Å². The molecular weight excluding hydrogens is 319 g/mol. The van der Waals surface area contributed by atoms with Crippen molar-refractivity contribution in [2.45, 2.75) is 58.8 Å². The summed E-state index contributed by atoms with van der Waals surface area (Å²) in [4.78, 5) is 12.5. The normalized spacial score (nSPS) is 46.7. The summed E-state index contributed by atoms with van der Waals surface area (Å²) in [5.74, 6) is 2.20. The molecule has 1 nitrogen and oxygen atoms in total. The number of allylic oxidation sites excluding steroid dienone is 4. The van der Waals surface area contributed by atoms with Crippen molar-refractivity contribution in [3.63, 3.8) is 0 Å². The van der Waals surface area contributed by atoms with Crippen LogP contribution in [0.3, 0.4) is 0 Å². The predicted octanol–water partition coefficient (Wildman–Crippen LogP) is 5.92. The van der Waals surface area contributed by atoms with Crippen molar-refractivity contribution in [1.29, 1.82) is 0 Å². The van der Waals surface area contributed by atoms with E-state index in [1.54, 1.807) is 5.57 Å². The van der Waals surface area contributed by atoms with Crippen LogP contribution in [0.2, 0.25) is 0 Å². The van der Waals surface area contributed by atoms with Crippen LogP contribution in [0.25, 0.3) is 0 Å². The Labute approximate surface area is 149 Å². The van der Waals surface area contributed by atoms with Crippen LogP contribution in [0, 0.1) is 34.5 Å². The van der Waals surface area contributed by atoms with Gasteiger partial charge in [-0.3, -0.25) is 4.79 Å². The first-order chi connectivity index (χ1) is 11.5. The predicted molar refractivity (Wildman–Crippen MR) is 98.3 cm³/mol. The van der Waals surface area contributed by atoms with Crippen LogP contribution < -0.4 is 0 Å². The molecule has 3 fully saturated rings. The molecule has 0 aliphatic heterocycles. The lowest BCUT2D eigenvalue weighted by Gasteiger charge is -2.57. The number of carbonyl (C=O) groups is 1. The first-order valence-electron chi connectivity index (χ1n) is 9.60. The van der Waals surface area contributed by atoms with E-state index in [-0.39, 0.29) is 21.9 Å². The Morgan fingerprint density at radius 3 is 2.88 bits per heavy atom. The number of rotatable bonds is 2. The molecule has 0 aromatic rings. The zero-order valence-corrected chi connectivity index (χ0v) is 15.7. The molecule has 0 spiro atoms. The summed E-state index contributed by atoms with van der Waals surface area (Å²) in [7, 11) is 0. The molecule has 24 heavy (non-hydrogen) atoms. The quantitative estimate of drug-likeness (QED) is 0.576. The van der Waals surface area contributed by atoms with Gasteiger partial charge in [-0.2, -0.15) is 0 Å². The fourth-order valence-electron chi connectivity index (χ4n) is 6.88. The van der Waals surface area contributed by atoms with E-state index in [9.17, 15) is 9.18 Å². The lowest BCUT2D eigenvalue weighted by atomic mass is 9.48. The second-order valence-electron chi connectivity index (χ2n) is 8.81. The smallest absolute Gasteiger partial charge is 0.195 e. The summed E-state index contributed by atoms with van der Waals surface area (Å²) in [6, 6.07) is -0.570. The second kappa shape index (κ2) is 6.00. The summed E-state index contributed by atoms with van der Waals surface area (Å²) in [5, 5.41) is 0.112. The standard InChI is InChI=1S/C21H29FOS/c1-20-11-4-3-5-14(20)6-7-15-16-8-9-18(19(23)24-13-22)21(16,2)12-10-17(15)20/h4-5,11,15-18H,3,6-10,12-13H2,1-2H3/t15-,16-,17-,18?,20-,21-/m0/s1. The second-order valence-corrected chi connectivity index (χ2v) is 9.72. The molecule has 3 saturated carbocycles. The van der Waals surface area contributed by atoms with Crippen LogP contribution in [-0.2, 0) is 4.79 Å². The van der Waals surface area contributed by atoms with Crippen LogP contribution in [0.15, 0.2) is 23.8 Å². The Morgan fingerprint density at radius 2 is 2.08 bits per heavy atom. The monoisotopic (exact) mass is 348 g/mol. The van der Waals surface area contributed by atoms with E-state index in [0.29, 0.717) is 5.92 Å². The molecule has 4 aliphatic rings. The molecule has 0 radical (unpaired) electrons. The van der Waals surface area contributed by atoms with E-state index in [0.717, 1.165) is 42.9 Å². The first kappa shape index (κ1) is 16.9. The molecule has 4 aliphatic carbocycles. The Hall–Kier alpha value is -0.570. The van der Waals surface area contributed by atoms with Gasteiger partial charge in [-0.15, -0.1) is 0 Å². The van der Waals surface area contributed by atoms with E-state index >= 15 is 0 Å². The number of halogens is 1. The maximum atomic E-state index is 12.7. The Balaban J connectivity index is 1.62. The maximum absolute atomic E-state index is 12.7. The third-order valence-electron chi connectivity index (χ3n) is 8.09. The number of alkyl halides is 1. The van der Waals surface area contributed by atoms with E-state index < -0.39 is 6.01 Å². The number of hydrogen-bond donors (Lipinski definition) is 0. The summed E-state index contributed by atoms with van der Waals surface area (Å²) < 4.78 is 12.7. The van der Waals surface area contributed by atoms with Crippen molar-refractivity contribution in [2.24, 2.45) is 34.5 Å². The molecule has 132 valence electrons. The Bertz CT molecular complexity index is 597. The fourth-order valence-corrected chi connectivity index (χ4v) is 7.58. The molecule has 0 N–H and O–H groups in total. The lowest BCUT2D eigenvalue weighted by molar-refractivity contribution is -0.120. The van der Waals surface area contributed by atoms with Crippen molar-refractivity contribution in [3.05, 3.63) is 23.8 Å². The van der Waals surface area contributed by atoms with Gasteiger partial charge in [0.05, 0.1) is 0 Å². The molecule has 0 heterocycles. The van der Waals surface area contributed by atoms with Crippen LogP contribution in [0.1, 0.15) is 58.8 Å². The van der Waals surface area contributed by atoms with Gasteiger partial charge in [0.2, 0.25) is 0 Å². The summed E-state index contributed by atoms with van der Waals surface area (Å²) in [6.07, 6.45) is 15.4. The van der Waals surface area contributed by atoms with Crippen molar-refractivity contribution in [2.75, 3.05) is 6.01 Å². The van der Waals surface area contributed by atoms with Crippen molar-refractivity contribution < 1.29 is 9.18 Å². The number of thioether (sulfide) groups is 1. The number of hydrogen-bond acceptors (Lipinski definition) is 2. The molecule has 6 atom stereocenters. The van der Waals surface area contributed by atoms with Gasteiger partial charge in [-0.25, -0.2) is 4.39 Å². The minimum atomic E-state index is -0.570. The molecule has 0 bridgehead atoms. The average molecular weight is 349 g/mol. The average Bonchev–Trinajstić information content (AvgIpc) is 2.92. The molecule has 0 saturated heterocycles. The zero-order chi connectivity index (χ0) is 16.9. The zero-order valence-electron chi connectivity index (χ0n) is 14.9. The minimum absolute atomic E-state index is 0.0795. The van der Waals surface area contributed by atoms with E-state index in [1.165, 1.54) is 25.7 Å². The Morgan fingerprint density at radius 1 is 1.25 bits per heavy atom. The molecule has 3 heteroatoms. The topological polar surface area (TPSA) is 17.1 Å². The lowest BCUT2D eigenvalue weighted by Crippen LogP contribution is -2.49. The van der Waals surface area contributed by atoms with E-state index in [4.69, 9.17) is 0 Å². The minimum Gasteiger partial charge on any atom is -0.287 e. The van der Waals surface area contributed by atoms with Crippen molar-refractivity contribution >= 4 is 16.9 Å². The van der Waals surface area contributed by atoms with E-state index in [2.05, 4.69) is 32.1 Å². The fraction of sp³-hybridized carbons (Fsp3) is 0.762. The van der Waals surface area contributed by atoms with Gasteiger partial charge >= 0.3 is 0 Å². The largest absolute Gasteiger partial charge is 0.287 e. The highest BCUT2D eigenvalue weighted by Crippen LogP contribution is 2.66. The highest BCUT2D eigenvalue weighted by atomic mass is 32.2. The Kier molecular flexibility index (Phi) is 4.22. The molecule has 0 aromatic heterocycles. The first-order valence-corrected chi connectivity index (χ1v) is 10.6.